The first-order valence-electron chi connectivity index (χ1n) is 6.42. The lowest BCUT2D eigenvalue weighted by atomic mass is 10.1. The van der Waals surface area contributed by atoms with E-state index >= 15 is 0 Å². The first-order valence-corrected chi connectivity index (χ1v) is 6.80. The number of carbonyl (C=O) groups is 2. The number of carboxylic acid groups (broad SMARTS) is 1. The normalized spacial score (nSPS) is 10.1. The number of benzene rings is 2. The highest BCUT2D eigenvalue weighted by Gasteiger charge is 2.05. The van der Waals surface area contributed by atoms with Gasteiger partial charge < -0.3 is 10.4 Å². The number of rotatable bonds is 5. The maximum atomic E-state index is 11.9. The summed E-state index contributed by atoms with van der Waals surface area (Å²) in [5.41, 5.74) is 1.78. The fraction of sp³-hybridized carbons (Fsp3) is 0.125. The number of carbonyl (C=O) groups excluding carboxylic acids is 1. The molecule has 2 N–H and O–H groups in total. The number of hydrogen-bond acceptors (Lipinski definition) is 2. The van der Waals surface area contributed by atoms with E-state index in [1.807, 2.05) is 0 Å². The van der Waals surface area contributed by atoms with Gasteiger partial charge in [-0.25, -0.2) is 4.79 Å². The summed E-state index contributed by atoms with van der Waals surface area (Å²) in [5.74, 6) is -1.11. The van der Waals surface area contributed by atoms with Crippen LogP contribution in [0.15, 0.2) is 48.5 Å². The molecule has 0 aliphatic heterocycles. The van der Waals surface area contributed by atoms with Crippen molar-refractivity contribution in [1.29, 1.82) is 0 Å². The van der Waals surface area contributed by atoms with Crippen molar-refractivity contribution in [2.45, 2.75) is 6.42 Å². The number of halogens is 1. The molecule has 0 aliphatic carbocycles. The van der Waals surface area contributed by atoms with Crippen molar-refractivity contribution in [3.63, 3.8) is 0 Å². The van der Waals surface area contributed by atoms with E-state index in [1.165, 1.54) is 0 Å². The Morgan fingerprint density at radius 2 is 1.52 bits per heavy atom. The zero-order valence-corrected chi connectivity index (χ0v) is 11.9. The van der Waals surface area contributed by atoms with Gasteiger partial charge in [0.15, 0.2) is 0 Å². The van der Waals surface area contributed by atoms with Gasteiger partial charge in [-0.05, 0) is 48.4 Å². The fourth-order valence-corrected chi connectivity index (χ4v) is 1.96. The van der Waals surface area contributed by atoms with Crippen molar-refractivity contribution in [1.82, 2.24) is 5.32 Å². The Hall–Kier alpha value is -2.33. The lowest BCUT2D eigenvalue weighted by Gasteiger charge is -2.06. The Morgan fingerprint density at radius 1 is 0.952 bits per heavy atom. The summed E-state index contributed by atoms with van der Waals surface area (Å²) in [4.78, 5) is 22.6. The number of aromatic carboxylic acids is 1. The van der Waals surface area contributed by atoms with Crippen molar-refractivity contribution >= 4 is 23.5 Å². The first kappa shape index (κ1) is 15.1. The molecule has 2 rings (SSSR count). The van der Waals surface area contributed by atoms with E-state index in [-0.39, 0.29) is 11.5 Å². The molecule has 0 bridgehead atoms. The van der Waals surface area contributed by atoms with Crippen molar-refractivity contribution in [2.24, 2.45) is 0 Å². The van der Waals surface area contributed by atoms with Crippen LogP contribution in [-0.2, 0) is 6.42 Å². The van der Waals surface area contributed by atoms with Gasteiger partial charge in [-0.2, -0.15) is 0 Å². The van der Waals surface area contributed by atoms with Crippen LogP contribution in [0.3, 0.4) is 0 Å². The topological polar surface area (TPSA) is 66.4 Å². The van der Waals surface area contributed by atoms with Crippen LogP contribution < -0.4 is 5.32 Å². The second-order valence-corrected chi connectivity index (χ2v) is 4.95. The summed E-state index contributed by atoms with van der Waals surface area (Å²) >= 11 is 5.76. The molecule has 0 saturated heterocycles. The highest BCUT2D eigenvalue weighted by molar-refractivity contribution is 6.30. The average molecular weight is 304 g/mol. The largest absolute Gasteiger partial charge is 0.478 e. The molecule has 0 saturated carbocycles. The molecule has 0 radical (unpaired) electrons. The predicted octanol–water partition coefficient (Wildman–Crippen LogP) is 3.01. The molecule has 0 atom stereocenters. The minimum atomic E-state index is -0.947. The van der Waals surface area contributed by atoms with E-state index in [0.29, 0.717) is 23.6 Å². The summed E-state index contributed by atoms with van der Waals surface area (Å²) in [7, 11) is 0. The van der Waals surface area contributed by atoms with Gasteiger partial charge in [0.2, 0.25) is 0 Å². The average Bonchev–Trinajstić information content (AvgIpc) is 2.48. The van der Waals surface area contributed by atoms with Gasteiger partial charge >= 0.3 is 5.97 Å². The molecule has 2 aromatic carbocycles. The second kappa shape index (κ2) is 6.90. The van der Waals surface area contributed by atoms with Crippen LogP contribution in [0.25, 0.3) is 0 Å². The number of nitrogens with one attached hydrogen (secondary N) is 1. The smallest absolute Gasteiger partial charge is 0.335 e. The molecule has 0 spiro atoms. The van der Waals surface area contributed by atoms with Crippen LogP contribution in [0.2, 0.25) is 5.02 Å². The van der Waals surface area contributed by atoms with Crippen molar-refractivity contribution < 1.29 is 14.7 Å². The maximum Gasteiger partial charge on any atom is 0.335 e. The quantitative estimate of drug-likeness (QED) is 0.892. The minimum Gasteiger partial charge on any atom is -0.478 e. The zero-order valence-electron chi connectivity index (χ0n) is 11.2. The van der Waals surface area contributed by atoms with E-state index in [4.69, 9.17) is 16.7 Å². The molecular weight excluding hydrogens is 290 g/mol. The maximum absolute atomic E-state index is 11.9. The van der Waals surface area contributed by atoms with Crippen molar-refractivity contribution in [3.05, 3.63) is 70.2 Å². The van der Waals surface area contributed by atoms with E-state index in [2.05, 4.69) is 5.32 Å². The van der Waals surface area contributed by atoms with Crippen LogP contribution in [0.4, 0.5) is 0 Å². The Kier molecular flexibility index (Phi) is 4.95. The third-order valence-corrected chi connectivity index (χ3v) is 3.26. The summed E-state index contributed by atoms with van der Waals surface area (Å²) in [6, 6.07) is 13.3. The van der Waals surface area contributed by atoms with E-state index in [0.717, 1.165) is 5.56 Å². The summed E-state index contributed by atoms with van der Waals surface area (Å²) in [6.45, 7) is 0.480. The molecule has 2 aromatic rings. The van der Waals surface area contributed by atoms with Gasteiger partial charge in [0.1, 0.15) is 0 Å². The SMILES string of the molecule is O=C(O)c1ccc(CCNC(=O)c2ccc(Cl)cc2)cc1. The molecule has 0 heterocycles. The molecule has 108 valence electrons. The van der Waals surface area contributed by atoms with E-state index in [1.54, 1.807) is 48.5 Å². The molecule has 5 heteroatoms. The highest BCUT2D eigenvalue weighted by atomic mass is 35.5. The van der Waals surface area contributed by atoms with Gasteiger partial charge in [-0.15, -0.1) is 0 Å². The Morgan fingerprint density at radius 3 is 2.10 bits per heavy atom. The highest BCUT2D eigenvalue weighted by Crippen LogP contribution is 2.09. The predicted molar refractivity (Wildman–Crippen MR) is 80.9 cm³/mol. The molecule has 21 heavy (non-hydrogen) atoms. The Balaban J connectivity index is 1.85. The number of hydrogen-bond donors (Lipinski definition) is 2. The fourth-order valence-electron chi connectivity index (χ4n) is 1.84. The standard InChI is InChI=1S/C16H14ClNO3/c17-14-7-5-12(6-8-14)15(19)18-10-9-11-1-3-13(4-2-11)16(20)21/h1-8H,9-10H2,(H,18,19)(H,20,21). The summed E-state index contributed by atoms with van der Waals surface area (Å²) in [6.07, 6.45) is 0.638. The third kappa shape index (κ3) is 4.33. The second-order valence-electron chi connectivity index (χ2n) is 4.51. The molecule has 0 fully saturated rings. The van der Waals surface area contributed by atoms with Crippen molar-refractivity contribution in [3.8, 4) is 0 Å². The summed E-state index contributed by atoms with van der Waals surface area (Å²) < 4.78 is 0. The first-order chi connectivity index (χ1) is 10.1. The summed E-state index contributed by atoms with van der Waals surface area (Å²) in [5, 5.41) is 12.2. The zero-order chi connectivity index (χ0) is 15.2. The third-order valence-electron chi connectivity index (χ3n) is 3.01. The van der Waals surface area contributed by atoms with Crippen molar-refractivity contribution in [2.75, 3.05) is 6.54 Å². The molecule has 0 aromatic heterocycles. The van der Waals surface area contributed by atoms with Gasteiger partial charge in [0, 0.05) is 17.1 Å². The molecular formula is C16H14ClNO3. The number of amides is 1. The minimum absolute atomic E-state index is 0.158. The van der Waals surface area contributed by atoms with Gasteiger partial charge in [-0.3, -0.25) is 4.79 Å². The van der Waals surface area contributed by atoms with E-state index in [9.17, 15) is 9.59 Å². The van der Waals surface area contributed by atoms with Gasteiger partial charge in [0.05, 0.1) is 5.56 Å². The molecule has 0 unspecified atom stereocenters. The van der Waals surface area contributed by atoms with Crippen LogP contribution >= 0.6 is 11.6 Å². The lowest BCUT2D eigenvalue weighted by Crippen LogP contribution is -2.25. The molecule has 0 aliphatic rings. The molecule has 1 amide bonds. The number of carboxylic acids is 1. The van der Waals surface area contributed by atoms with Crippen LogP contribution in [0, 0.1) is 0 Å². The monoisotopic (exact) mass is 303 g/mol. The molecule has 4 nitrogen and oxygen atoms in total. The van der Waals surface area contributed by atoms with Crippen LogP contribution in [-0.4, -0.2) is 23.5 Å². The Labute approximate surface area is 127 Å². The van der Waals surface area contributed by atoms with Crippen LogP contribution in [0.5, 0.6) is 0 Å². The van der Waals surface area contributed by atoms with Crippen LogP contribution in [0.1, 0.15) is 26.3 Å². The Bertz CT molecular complexity index is 636. The van der Waals surface area contributed by atoms with E-state index < -0.39 is 5.97 Å². The van der Waals surface area contributed by atoms with Gasteiger partial charge in [-0.1, -0.05) is 23.7 Å². The lowest BCUT2D eigenvalue weighted by molar-refractivity contribution is 0.0696. The van der Waals surface area contributed by atoms with Gasteiger partial charge in [0.25, 0.3) is 5.91 Å².